The van der Waals surface area contributed by atoms with Crippen LogP contribution in [0.5, 0.6) is 23.0 Å². The van der Waals surface area contributed by atoms with Crippen molar-refractivity contribution in [1.29, 1.82) is 0 Å². The minimum absolute atomic E-state index is 0.278. The first-order chi connectivity index (χ1) is 14.0. The average molecular weight is 417 g/mol. The zero-order valence-corrected chi connectivity index (χ0v) is 17.5. The van der Waals surface area contributed by atoms with Gasteiger partial charge in [0, 0.05) is 6.54 Å². The number of carbonyl (C=O) groups is 1. The number of benzene rings is 2. The van der Waals surface area contributed by atoms with Crippen molar-refractivity contribution in [1.82, 2.24) is 10.7 Å². The molecular weight excluding hydrogens is 394 g/mol. The van der Waals surface area contributed by atoms with Gasteiger partial charge in [0.25, 0.3) is 0 Å². The highest BCUT2D eigenvalue weighted by molar-refractivity contribution is 7.80. The fourth-order valence-electron chi connectivity index (χ4n) is 2.34. The molecule has 0 fully saturated rings. The predicted molar refractivity (Wildman–Crippen MR) is 115 cm³/mol. The lowest BCUT2D eigenvalue weighted by atomic mass is 10.2. The third-order valence-electron chi connectivity index (χ3n) is 3.73. The lowest BCUT2D eigenvalue weighted by Crippen LogP contribution is -2.31. The lowest BCUT2D eigenvalue weighted by Gasteiger charge is -2.12. The number of nitrogens with one attached hydrogen (secondary N) is 2. The van der Waals surface area contributed by atoms with Crippen molar-refractivity contribution in [3.05, 3.63) is 47.5 Å². The summed E-state index contributed by atoms with van der Waals surface area (Å²) in [5.41, 5.74) is 3.75. The molecule has 0 saturated carbocycles. The van der Waals surface area contributed by atoms with Crippen LogP contribution >= 0.6 is 12.2 Å². The molecular formula is C20H23N3O5S. The number of ether oxygens (including phenoxy) is 4. The zero-order chi connectivity index (χ0) is 21.2. The molecule has 0 aliphatic heterocycles. The van der Waals surface area contributed by atoms with E-state index in [1.165, 1.54) is 21.3 Å². The minimum Gasteiger partial charge on any atom is -0.493 e. The van der Waals surface area contributed by atoms with Crippen LogP contribution in [0.4, 0.5) is 0 Å². The van der Waals surface area contributed by atoms with Crippen molar-refractivity contribution in [3.63, 3.8) is 0 Å². The molecule has 0 unspecified atom stereocenters. The summed E-state index contributed by atoms with van der Waals surface area (Å²) >= 11 is 5.03. The molecule has 0 spiro atoms. The molecule has 2 N–H and O–H groups in total. The van der Waals surface area contributed by atoms with E-state index in [1.807, 2.05) is 6.92 Å². The van der Waals surface area contributed by atoms with Crippen LogP contribution in [0.3, 0.4) is 0 Å². The van der Waals surface area contributed by atoms with Crippen LogP contribution < -0.4 is 29.7 Å². The van der Waals surface area contributed by atoms with Crippen molar-refractivity contribution in [3.8, 4) is 23.0 Å². The molecule has 0 aromatic heterocycles. The fraction of sp³-hybridized carbons (Fsp3) is 0.250. The number of esters is 1. The smallest absolute Gasteiger partial charge is 0.343 e. The highest BCUT2D eigenvalue weighted by atomic mass is 32.1. The minimum atomic E-state index is -0.552. The van der Waals surface area contributed by atoms with E-state index in [2.05, 4.69) is 15.8 Å². The van der Waals surface area contributed by atoms with Gasteiger partial charge < -0.3 is 24.3 Å². The van der Waals surface area contributed by atoms with Gasteiger partial charge in [-0.15, -0.1) is 0 Å². The van der Waals surface area contributed by atoms with Crippen LogP contribution in [0.25, 0.3) is 0 Å². The van der Waals surface area contributed by atoms with Gasteiger partial charge in [0.05, 0.1) is 33.1 Å². The summed E-state index contributed by atoms with van der Waals surface area (Å²) in [6.07, 6.45) is 1.58. The molecule has 0 heterocycles. The Bertz CT molecular complexity index is 902. The Hall–Kier alpha value is -3.33. The van der Waals surface area contributed by atoms with Crippen molar-refractivity contribution in [2.24, 2.45) is 5.10 Å². The number of thiocarbonyl (C=S) groups is 1. The standard InChI is InChI=1S/C20H23N3O5S/c1-5-21-20(29)23-22-12-13-6-8-16(17(10-13)26-3)28-19(24)14-7-9-15(25-2)18(11-14)27-4/h6-12H,5H2,1-4H3,(H2,21,23,29)/b22-12-. The summed E-state index contributed by atoms with van der Waals surface area (Å²) in [4.78, 5) is 12.5. The number of methoxy groups -OCH3 is 3. The topological polar surface area (TPSA) is 90.4 Å². The van der Waals surface area contributed by atoms with Gasteiger partial charge in [-0.25, -0.2) is 4.79 Å². The van der Waals surface area contributed by atoms with Gasteiger partial charge in [-0.1, -0.05) is 0 Å². The van der Waals surface area contributed by atoms with E-state index in [1.54, 1.807) is 42.6 Å². The second-order valence-electron chi connectivity index (χ2n) is 5.60. The van der Waals surface area contributed by atoms with Crippen molar-refractivity contribution >= 4 is 29.5 Å². The van der Waals surface area contributed by atoms with Crippen LogP contribution in [0.1, 0.15) is 22.8 Å². The van der Waals surface area contributed by atoms with E-state index in [-0.39, 0.29) is 5.75 Å². The Morgan fingerprint density at radius 2 is 1.66 bits per heavy atom. The Kier molecular flexibility index (Phi) is 8.23. The molecule has 29 heavy (non-hydrogen) atoms. The highest BCUT2D eigenvalue weighted by Gasteiger charge is 2.15. The molecule has 0 bridgehead atoms. The molecule has 9 heteroatoms. The molecule has 0 aliphatic carbocycles. The number of rotatable bonds is 8. The third-order valence-corrected chi connectivity index (χ3v) is 3.96. The van der Waals surface area contributed by atoms with E-state index in [9.17, 15) is 4.79 Å². The number of hydrogen-bond acceptors (Lipinski definition) is 7. The molecule has 8 nitrogen and oxygen atoms in total. The van der Waals surface area contributed by atoms with Gasteiger partial charge in [0.1, 0.15) is 0 Å². The van der Waals surface area contributed by atoms with Crippen LogP contribution in [0.2, 0.25) is 0 Å². The first kappa shape index (κ1) is 22.0. The van der Waals surface area contributed by atoms with Gasteiger partial charge in [-0.05, 0) is 61.1 Å². The molecule has 0 atom stereocenters. The number of carbonyl (C=O) groups excluding carboxylic acids is 1. The van der Waals surface area contributed by atoms with Crippen molar-refractivity contribution in [2.45, 2.75) is 6.92 Å². The van der Waals surface area contributed by atoms with Gasteiger partial charge in [0.2, 0.25) is 0 Å². The fourth-order valence-corrected chi connectivity index (χ4v) is 2.53. The van der Waals surface area contributed by atoms with Crippen molar-refractivity contribution < 1.29 is 23.7 Å². The summed E-state index contributed by atoms with van der Waals surface area (Å²) in [5.74, 6) is 1.07. The van der Waals surface area contributed by atoms with Crippen LogP contribution in [-0.2, 0) is 0 Å². The lowest BCUT2D eigenvalue weighted by molar-refractivity contribution is 0.0729. The van der Waals surface area contributed by atoms with E-state index in [4.69, 9.17) is 31.2 Å². The van der Waals surface area contributed by atoms with Crippen LogP contribution in [0, 0.1) is 0 Å². The molecule has 2 aromatic rings. The Morgan fingerprint density at radius 3 is 2.31 bits per heavy atom. The summed E-state index contributed by atoms with van der Waals surface area (Å²) in [5, 5.41) is 7.39. The Labute approximate surface area is 174 Å². The summed E-state index contributed by atoms with van der Waals surface area (Å²) < 4.78 is 21.2. The second kappa shape index (κ2) is 10.9. The maximum Gasteiger partial charge on any atom is 0.343 e. The summed E-state index contributed by atoms with van der Waals surface area (Å²) in [6, 6.07) is 9.84. The van der Waals surface area contributed by atoms with Crippen LogP contribution in [-0.4, -0.2) is 45.2 Å². The molecule has 0 amide bonds. The van der Waals surface area contributed by atoms with Crippen LogP contribution in [0.15, 0.2) is 41.5 Å². The maximum atomic E-state index is 12.5. The largest absolute Gasteiger partial charge is 0.493 e. The summed E-state index contributed by atoms with van der Waals surface area (Å²) in [7, 11) is 4.51. The quantitative estimate of drug-likeness (QED) is 0.223. The first-order valence-corrected chi connectivity index (χ1v) is 9.12. The monoisotopic (exact) mass is 417 g/mol. The Balaban J connectivity index is 2.13. The van der Waals surface area contributed by atoms with Gasteiger partial charge >= 0.3 is 5.97 Å². The molecule has 0 saturated heterocycles. The van der Waals surface area contributed by atoms with Gasteiger partial charge in [-0.3, -0.25) is 5.43 Å². The first-order valence-electron chi connectivity index (χ1n) is 8.71. The Morgan fingerprint density at radius 1 is 1.00 bits per heavy atom. The van der Waals surface area contributed by atoms with E-state index in [0.717, 1.165) is 5.56 Å². The molecule has 2 rings (SSSR count). The number of nitrogens with zero attached hydrogens (tertiary/aromatic N) is 1. The van der Waals surface area contributed by atoms with E-state index >= 15 is 0 Å². The van der Waals surface area contributed by atoms with Gasteiger partial charge in [0.15, 0.2) is 28.1 Å². The SMILES string of the molecule is CCNC(=S)N/N=C\c1ccc(OC(=O)c2ccc(OC)c(OC)c2)c(OC)c1. The van der Waals surface area contributed by atoms with Gasteiger partial charge in [-0.2, -0.15) is 5.10 Å². The molecule has 0 aliphatic rings. The molecule has 0 radical (unpaired) electrons. The second-order valence-corrected chi connectivity index (χ2v) is 6.01. The number of hydrazone groups is 1. The summed E-state index contributed by atoms with van der Waals surface area (Å²) in [6.45, 7) is 2.64. The highest BCUT2D eigenvalue weighted by Crippen LogP contribution is 2.31. The maximum absolute atomic E-state index is 12.5. The predicted octanol–water partition coefficient (Wildman–Crippen LogP) is 2.75. The molecule has 154 valence electrons. The van der Waals surface area contributed by atoms with Crippen molar-refractivity contribution in [2.75, 3.05) is 27.9 Å². The number of hydrogen-bond donors (Lipinski definition) is 2. The normalized spacial score (nSPS) is 10.3. The zero-order valence-electron chi connectivity index (χ0n) is 16.6. The third kappa shape index (κ3) is 6.08. The van der Waals surface area contributed by atoms with E-state index in [0.29, 0.717) is 34.5 Å². The van der Waals surface area contributed by atoms with E-state index < -0.39 is 5.97 Å². The average Bonchev–Trinajstić information content (AvgIpc) is 2.74. The molecule has 2 aromatic carbocycles.